The lowest BCUT2D eigenvalue weighted by Crippen LogP contribution is -2.53. The van der Waals surface area contributed by atoms with Gasteiger partial charge in [0.05, 0.1) is 30.2 Å². The fraction of sp³-hybridized carbons (Fsp3) is 0.719. The Morgan fingerprint density at radius 1 is 1.19 bits per heavy atom. The molecule has 42 heavy (non-hydrogen) atoms. The van der Waals surface area contributed by atoms with E-state index in [1.807, 2.05) is 39.0 Å². The van der Waals surface area contributed by atoms with Crippen LogP contribution in [-0.4, -0.2) is 82.0 Å². The lowest BCUT2D eigenvalue weighted by atomic mass is 9.88. The lowest BCUT2D eigenvalue weighted by molar-refractivity contribution is -0.132. The average molecular weight is 589 g/mol. The molecule has 10 heteroatoms. The molecule has 1 aromatic carbocycles. The monoisotopic (exact) mass is 588 g/mol. The van der Waals surface area contributed by atoms with E-state index >= 15 is 0 Å². The molecule has 236 valence electrons. The second-order valence-electron chi connectivity index (χ2n) is 12.7. The number of amides is 3. The van der Waals surface area contributed by atoms with Gasteiger partial charge in [-0.15, -0.1) is 0 Å². The van der Waals surface area contributed by atoms with Crippen LogP contribution in [0.3, 0.4) is 0 Å². The van der Waals surface area contributed by atoms with Gasteiger partial charge in [0.25, 0.3) is 5.91 Å². The number of rotatable bonds is 14. The predicted octanol–water partition coefficient (Wildman–Crippen LogP) is 3.76. The Labute approximate surface area is 251 Å². The lowest BCUT2D eigenvalue weighted by Gasteiger charge is -2.40. The van der Waals surface area contributed by atoms with Gasteiger partial charge in [0.1, 0.15) is 5.75 Å². The Bertz CT molecular complexity index is 1080. The van der Waals surface area contributed by atoms with Gasteiger partial charge in [0.2, 0.25) is 11.8 Å². The summed E-state index contributed by atoms with van der Waals surface area (Å²) in [6, 6.07) is 5.40. The number of hydrogen-bond donors (Lipinski definition) is 2. The van der Waals surface area contributed by atoms with Gasteiger partial charge in [-0.05, 0) is 78.0 Å². The van der Waals surface area contributed by atoms with E-state index < -0.39 is 5.60 Å². The van der Waals surface area contributed by atoms with Crippen molar-refractivity contribution in [3.63, 3.8) is 0 Å². The summed E-state index contributed by atoms with van der Waals surface area (Å²) in [4.78, 5) is 44.2. The molecule has 0 saturated carbocycles. The van der Waals surface area contributed by atoms with Gasteiger partial charge in [-0.3, -0.25) is 14.4 Å². The van der Waals surface area contributed by atoms with Crippen LogP contribution in [0.1, 0.15) is 67.7 Å². The summed E-state index contributed by atoms with van der Waals surface area (Å²) in [6.45, 7) is 16.8. The number of anilines is 2. The Hall–Kier alpha value is -2.69. The minimum Gasteiger partial charge on any atom is -0.476 e. The molecule has 1 fully saturated rings. The van der Waals surface area contributed by atoms with E-state index in [2.05, 4.69) is 24.5 Å². The molecular weight excluding hydrogens is 536 g/mol. The maximum Gasteiger partial charge on any atom is 0.270 e. The topological polar surface area (TPSA) is 109 Å². The normalized spacial score (nSPS) is 20.7. The second-order valence-corrected chi connectivity index (χ2v) is 12.7. The molecule has 1 unspecified atom stereocenters. The van der Waals surface area contributed by atoms with Crippen molar-refractivity contribution in [2.45, 2.75) is 85.4 Å². The summed E-state index contributed by atoms with van der Waals surface area (Å²) in [7, 11) is 1.64. The van der Waals surface area contributed by atoms with E-state index in [4.69, 9.17) is 14.2 Å². The minimum atomic E-state index is -0.991. The zero-order valence-corrected chi connectivity index (χ0v) is 26.8. The van der Waals surface area contributed by atoms with Gasteiger partial charge >= 0.3 is 0 Å². The summed E-state index contributed by atoms with van der Waals surface area (Å²) in [6.07, 6.45) is 1.97. The number of fused-ring (bicyclic) bond motifs is 1. The number of carbonyl (C=O) groups is 3. The third-order valence-electron chi connectivity index (χ3n) is 7.82. The second kappa shape index (κ2) is 15.2. The summed E-state index contributed by atoms with van der Waals surface area (Å²) < 4.78 is 16.9. The number of piperidine rings is 1. The van der Waals surface area contributed by atoms with Crippen LogP contribution in [0.4, 0.5) is 11.4 Å². The van der Waals surface area contributed by atoms with Crippen LogP contribution in [0.25, 0.3) is 0 Å². The molecule has 2 aliphatic rings. The predicted molar refractivity (Wildman–Crippen MR) is 165 cm³/mol. The molecule has 2 aliphatic heterocycles. The molecule has 3 atom stereocenters. The Balaban J connectivity index is 1.80. The summed E-state index contributed by atoms with van der Waals surface area (Å²) in [5.41, 5.74) is 0.354. The third kappa shape index (κ3) is 8.45. The minimum absolute atomic E-state index is 0.0415. The fourth-order valence-corrected chi connectivity index (χ4v) is 5.82. The van der Waals surface area contributed by atoms with Crippen LogP contribution < -0.4 is 25.2 Å². The molecule has 1 aromatic rings. The van der Waals surface area contributed by atoms with Crippen LogP contribution >= 0.6 is 0 Å². The highest BCUT2D eigenvalue weighted by Crippen LogP contribution is 2.41. The van der Waals surface area contributed by atoms with Gasteiger partial charge in [-0.25, -0.2) is 0 Å². The summed E-state index contributed by atoms with van der Waals surface area (Å²) in [5.74, 6) is 0.141. The average Bonchev–Trinajstić information content (AvgIpc) is 2.93. The molecule has 3 amide bonds. The summed E-state index contributed by atoms with van der Waals surface area (Å²) >= 11 is 0. The largest absolute Gasteiger partial charge is 0.476 e. The van der Waals surface area contributed by atoms with Crippen molar-refractivity contribution >= 4 is 29.1 Å². The van der Waals surface area contributed by atoms with Gasteiger partial charge < -0.3 is 34.6 Å². The first kappa shape index (κ1) is 33.8. The number of hydrogen-bond acceptors (Lipinski definition) is 7. The number of nitrogens with one attached hydrogen (secondary N) is 2. The molecule has 1 saturated heterocycles. The van der Waals surface area contributed by atoms with Gasteiger partial charge in [0.15, 0.2) is 5.60 Å². The van der Waals surface area contributed by atoms with Crippen LogP contribution in [-0.2, 0) is 23.9 Å². The maximum absolute atomic E-state index is 14.1. The molecule has 0 aromatic heterocycles. The van der Waals surface area contributed by atoms with Crippen molar-refractivity contribution in [3.8, 4) is 5.75 Å². The first-order valence-electron chi connectivity index (χ1n) is 15.4. The SMILES string of the molecule is CCOCC(CC(C)C)NC(=O)[C@@H]1CNC[C@H](C(=O)N(c2ccc3c(c2)N(CCCOC)C(=O)C(C)(C)O3)C(C)C)C1. The van der Waals surface area contributed by atoms with E-state index in [-0.39, 0.29) is 41.6 Å². The van der Waals surface area contributed by atoms with E-state index in [1.54, 1.807) is 30.8 Å². The molecule has 2 N–H and O–H groups in total. The van der Waals surface area contributed by atoms with Crippen molar-refractivity contribution in [1.82, 2.24) is 10.6 Å². The van der Waals surface area contributed by atoms with Crippen molar-refractivity contribution in [3.05, 3.63) is 18.2 Å². The van der Waals surface area contributed by atoms with Crippen molar-refractivity contribution < 1.29 is 28.6 Å². The van der Waals surface area contributed by atoms with Gasteiger partial charge in [-0.2, -0.15) is 0 Å². The molecular formula is C32H52N4O6. The zero-order valence-electron chi connectivity index (χ0n) is 26.8. The molecule has 0 radical (unpaired) electrons. The van der Waals surface area contributed by atoms with Crippen LogP contribution in [0, 0.1) is 17.8 Å². The molecule has 0 spiro atoms. The Kier molecular flexibility index (Phi) is 12.2. The van der Waals surface area contributed by atoms with Gasteiger partial charge in [-0.1, -0.05) is 13.8 Å². The number of methoxy groups -OCH3 is 1. The van der Waals surface area contributed by atoms with Crippen molar-refractivity contribution in [2.24, 2.45) is 17.8 Å². The molecule has 0 bridgehead atoms. The van der Waals surface area contributed by atoms with Crippen LogP contribution in [0.15, 0.2) is 18.2 Å². The summed E-state index contributed by atoms with van der Waals surface area (Å²) in [5, 5.41) is 6.50. The molecule has 10 nitrogen and oxygen atoms in total. The zero-order chi connectivity index (χ0) is 31.0. The standard InChI is InChI=1S/C32H52N4O6/c1-9-41-20-25(15-21(2)3)34-29(37)23-16-24(19-33-18-23)30(38)36(22(4)5)26-11-12-28-27(17-26)35(13-10-14-40-8)31(39)32(6,7)42-28/h11-12,17,21-25,33H,9-10,13-16,18-20H2,1-8H3,(H,34,37)/t23-,24+,25?/m0/s1. The van der Waals surface area contributed by atoms with Crippen LogP contribution in [0.2, 0.25) is 0 Å². The highest BCUT2D eigenvalue weighted by molar-refractivity contribution is 6.04. The van der Waals surface area contributed by atoms with Gasteiger partial charge in [0, 0.05) is 51.7 Å². The van der Waals surface area contributed by atoms with E-state index in [0.717, 1.165) is 6.42 Å². The quantitative estimate of drug-likeness (QED) is 0.319. The van der Waals surface area contributed by atoms with Crippen molar-refractivity contribution in [1.29, 1.82) is 0 Å². The maximum atomic E-state index is 14.1. The number of carbonyl (C=O) groups excluding carboxylic acids is 3. The first-order chi connectivity index (χ1) is 19.9. The Morgan fingerprint density at radius 2 is 1.90 bits per heavy atom. The van der Waals surface area contributed by atoms with Crippen LogP contribution in [0.5, 0.6) is 5.75 Å². The Morgan fingerprint density at radius 3 is 2.55 bits per heavy atom. The highest BCUT2D eigenvalue weighted by atomic mass is 16.5. The van der Waals surface area contributed by atoms with E-state index in [1.165, 1.54) is 0 Å². The number of ether oxygens (including phenoxy) is 3. The number of benzene rings is 1. The highest BCUT2D eigenvalue weighted by Gasteiger charge is 2.41. The smallest absolute Gasteiger partial charge is 0.270 e. The molecule has 0 aliphatic carbocycles. The molecule has 2 heterocycles. The third-order valence-corrected chi connectivity index (χ3v) is 7.82. The molecule has 3 rings (SSSR count). The number of nitrogens with zero attached hydrogens (tertiary/aromatic N) is 2. The fourth-order valence-electron chi connectivity index (χ4n) is 5.82. The first-order valence-corrected chi connectivity index (χ1v) is 15.4. The van der Waals surface area contributed by atoms with E-state index in [0.29, 0.717) is 75.3 Å². The van der Waals surface area contributed by atoms with Crippen molar-refractivity contribution in [2.75, 3.05) is 56.4 Å². The van der Waals surface area contributed by atoms with E-state index in [9.17, 15) is 14.4 Å².